The van der Waals surface area contributed by atoms with Crippen LogP contribution in [0.4, 0.5) is 15.8 Å². The monoisotopic (exact) mass is 261 g/mol. The Kier molecular flexibility index (Phi) is 3.53. The highest BCUT2D eigenvalue weighted by molar-refractivity contribution is 7.80. The van der Waals surface area contributed by atoms with Crippen molar-refractivity contribution in [3.05, 3.63) is 54.1 Å². The molecule has 0 aliphatic rings. The molecule has 0 saturated carbocycles. The van der Waals surface area contributed by atoms with Crippen molar-refractivity contribution in [3.8, 4) is 0 Å². The van der Waals surface area contributed by atoms with Crippen molar-refractivity contribution in [2.45, 2.75) is 0 Å². The summed E-state index contributed by atoms with van der Waals surface area (Å²) in [6.45, 7) is 0. The average molecular weight is 261 g/mol. The standard InChI is InChI=1S/C13H12FN3S/c1-17(10-6-4-9(14)5-7-10)11-3-2-8-16-12(11)13(15)18/h2-8H,1H3,(H2,15,18). The summed E-state index contributed by atoms with van der Waals surface area (Å²) in [6.07, 6.45) is 1.64. The summed E-state index contributed by atoms with van der Waals surface area (Å²) in [5.74, 6) is -0.270. The molecule has 2 rings (SSSR count). The van der Waals surface area contributed by atoms with Gasteiger partial charge in [-0.25, -0.2) is 4.39 Å². The number of aromatic nitrogens is 1. The molecule has 18 heavy (non-hydrogen) atoms. The third-order valence-corrected chi connectivity index (χ3v) is 2.79. The van der Waals surface area contributed by atoms with Crippen LogP contribution in [0, 0.1) is 5.82 Å². The van der Waals surface area contributed by atoms with Gasteiger partial charge in [-0.1, -0.05) is 12.2 Å². The number of thiocarbonyl (C=S) groups is 1. The molecule has 0 radical (unpaired) electrons. The number of hydrogen-bond acceptors (Lipinski definition) is 3. The number of rotatable bonds is 3. The predicted molar refractivity (Wildman–Crippen MR) is 74.6 cm³/mol. The van der Waals surface area contributed by atoms with E-state index in [9.17, 15) is 4.39 Å². The quantitative estimate of drug-likeness (QED) is 0.862. The third kappa shape index (κ3) is 2.46. The molecule has 2 N–H and O–H groups in total. The van der Waals surface area contributed by atoms with Gasteiger partial charge in [0.1, 0.15) is 16.5 Å². The van der Waals surface area contributed by atoms with Crippen LogP contribution in [0.3, 0.4) is 0 Å². The van der Waals surface area contributed by atoms with Crippen LogP contribution in [0.15, 0.2) is 42.6 Å². The third-order valence-electron chi connectivity index (χ3n) is 2.60. The summed E-state index contributed by atoms with van der Waals surface area (Å²) < 4.78 is 12.9. The van der Waals surface area contributed by atoms with Gasteiger partial charge in [-0.3, -0.25) is 4.98 Å². The molecule has 1 heterocycles. The Morgan fingerprint density at radius 3 is 2.56 bits per heavy atom. The van der Waals surface area contributed by atoms with Gasteiger partial charge < -0.3 is 10.6 Å². The summed E-state index contributed by atoms with van der Waals surface area (Å²) >= 11 is 4.97. The van der Waals surface area contributed by atoms with E-state index in [1.54, 1.807) is 24.4 Å². The molecule has 0 bridgehead atoms. The maximum absolute atomic E-state index is 12.9. The molecule has 0 aliphatic carbocycles. The molecule has 0 aliphatic heterocycles. The van der Waals surface area contributed by atoms with E-state index < -0.39 is 0 Å². The molecule has 5 heteroatoms. The Labute approximate surface area is 110 Å². The summed E-state index contributed by atoms with van der Waals surface area (Å²) in [7, 11) is 1.85. The molecule has 1 aromatic carbocycles. The second-order valence-electron chi connectivity index (χ2n) is 3.77. The summed E-state index contributed by atoms with van der Waals surface area (Å²) in [6, 6.07) is 9.85. The van der Waals surface area contributed by atoms with Gasteiger partial charge in [0.2, 0.25) is 0 Å². The van der Waals surface area contributed by atoms with Gasteiger partial charge in [0.25, 0.3) is 0 Å². The summed E-state index contributed by atoms with van der Waals surface area (Å²) in [5, 5.41) is 0. The zero-order valence-electron chi connectivity index (χ0n) is 9.80. The minimum Gasteiger partial charge on any atom is -0.388 e. The number of nitrogens with zero attached hydrogens (tertiary/aromatic N) is 2. The number of anilines is 2. The van der Waals surface area contributed by atoms with E-state index in [4.69, 9.17) is 18.0 Å². The zero-order valence-corrected chi connectivity index (χ0v) is 10.6. The van der Waals surface area contributed by atoms with Crippen molar-refractivity contribution in [2.24, 2.45) is 5.73 Å². The van der Waals surface area contributed by atoms with Crippen LogP contribution in [0.25, 0.3) is 0 Å². The topological polar surface area (TPSA) is 42.2 Å². The Balaban J connectivity index is 2.42. The normalized spacial score (nSPS) is 10.1. The van der Waals surface area contributed by atoms with Crippen LogP contribution in [0.5, 0.6) is 0 Å². The molecular formula is C13H12FN3S. The van der Waals surface area contributed by atoms with E-state index in [1.165, 1.54) is 12.1 Å². The fraction of sp³-hybridized carbons (Fsp3) is 0.0769. The van der Waals surface area contributed by atoms with E-state index in [-0.39, 0.29) is 10.8 Å². The lowest BCUT2D eigenvalue weighted by Gasteiger charge is -2.21. The van der Waals surface area contributed by atoms with Gasteiger partial charge in [0, 0.05) is 18.9 Å². The lowest BCUT2D eigenvalue weighted by molar-refractivity contribution is 0.628. The molecule has 0 unspecified atom stereocenters. The first kappa shape index (κ1) is 12.4. The van der Waals surface area contributed by atoms with Crippen LogP contribution in [-0.4, -0.2) is 17.0 Å². The second-order valence-corrected chi connectivity index (χ2v) is 4.21. The van der Waals surface area contributed by atoms with Crippen molar-refractivity contribution < 1.29 is 4.39 Å². The Bertz CT molecular complexity index is 569. The summed E-state index contributed by atoms with van der Waals surface area (Å²) in [4.78, 5) is 6.26. The van der Waals surface area contributed by atoms with E-state index in [0.29, 0.717) is 5.69 Å². The van der Waals surface area contributed by atoms with Crippen LogP contribution in [0.1, 0.15) is 5.69 Å². The number of nitrogens with two attached hydrogens (primary N) is 1. The van der Waals surface area contributed by atoms with E-state index in [1.807, 2.05) is 18.0 Å². The SMILES string of the molecule is CN(c1ccc(F)cc1)c1cccnc1C(N)=S. The minimum absolute atomic E-state index is 0.236. The van der Waals surface area contributed by atoms with Crippen molar-refractivity contribution in [3.63, 3.8) is 0 Å². The molecule has 0 fully saturated rings. The van der Waals surface area contributed by atoms with Gasteiger partial charge in [-0.05, 0) is 36.4 Å². The van der Waals surface area contributed by atoms with Crippen LogP contribution in [-0.2, 0) is 0 Å². The second kappa shape index (κ2) is 5.10. The highest BCUT2D eigenvalue weighted by atomic mass is 32.1. The van der Waals surface area contributed by atoms with Crippen molar-refractivity contribution in [1.82, 2.24) is 4.98 Å². The first-order valence-corrected chi connectivity index (χ1v) is 5.74. The first-order valence-electron chi connectivity index (χ1n) is 5.33. The number of pyridine rings is 1. The predicted octanol–water partition coefficient (Wildman–Crippen LogP) is 2.62. The number of benzene rings is 1. The lowest BCUT2D eigenvalue weighted by Crippen LogP contribution is -2.19. The van der Waals surface area contributed by atoms with Gasteiger partial charge in [-0.15, -0.1) is 0 Å². The van der Waals surface area contributed by atoms with Crippen molar-refractivity contribution in [2.75, 3.05) is 11.9 Å². The molecule has 0 saturated heterocycles. The van der Waals surface area contributed by atoms with Crippen molar-refractivity contribution in [1.29, 1.82) is 0 Å². The smallest absolute Gasteiger partial charge is 0.124 e. The molecule has 0 atom stereocenters. The Morgan fingerprint density at radius 1 is 1.28 bits per heavy atom. The molecule has 0 spiro atoms. The lowest BCUT2D eigenvalue weighted by atomic mass is 10.2. The largest absolute Gasteiger partial charge is 0.388 e. The fourth-order valence-electron chi connectivity index (χ4n) is 1.66. The van der Waals surface area contributed by atoms with E-state index >= 15 is 0 Å². The summed E-state index contributed by atoms with van der Waals surface area (Å²) in [5.41, 5.74) is 7.82. The minimum atomic E-state index is -0.270. The molecule has 1 aromatic heterocycles. The molecule has 3 nitrogen and oxygen atoms in total. The number of hydrogen-bond donors (Lipinski definition) is 1. The fourth-order valence-corrected chi connectivity index (χ4v) is 1.82. The molecule has 92 valence electrons. The molecule has 2 aromatic rings. The zero-order chi connectivity index (χ0) is 13.1. The molecule has 0 amide bonds. The van der Waals surface area contributed by atoms with E-state index in [2.05, 4.69) is 4.98 Å². The van der Waals surface area contributed by atoms with Gasteiger partial charge in [0.15, 0.2) is 0 Å². The van der Waals surface area contributed by atoms with Crippen molar-refractivity contribution >= 4 is 28.6 Å². The Hall–Kier alpha value is -2.01. The maximum Gasteiger partial charge on any atom is 0.124 e. The highest BCUT2D eigenvalue weighted by Gasteiger charge is 2.11. The van der Waals surface area contributed by atoms with E-state index in [0.717, 1.165) is 11.4 Å². The van der Waals surface area contributed by atoms with Crippen LogP contribution < -0.4 is 10.6 Å². The first-order chi connectivity index (χ1) is 8.59. The van der Waals surface area contributed by atoms with Gasteiger partial charge in [-0.2, -0.15) is 0 Å². The maximum atomic E-state index is 12.9. The molecular weight excluding hydrogens is 249 g/mol. The number of halogens is 1. The van der Waals surface area contributed by atoms with Gasteiger partial charge >= 0.3 is 0 Å². The average Bonchev–Trinajstić information content (AvgIpc) is 2.39. The van der Waals surface area contributed by atoms with Crippen LogP contribution in [0.2, 0.25) is 0 Å². The highest BCUT2D eigenvalue weighted by Crippen LogP contribution is 2.25. The Morgan fingerprint density at radius 2 is 1.94 bits per heavy atom. The van der Waals surface area contributed by atoms with Gasteiger partial charge in [0.05, 0.1) is 5.69 Å². The van der Waals surface area contributed by atoms with Crippen LogP contribution >= 0.6 is 12.2 Å².